The molecule has 0 aromatic rings. The first-order valence-corrected chi connectivity index (χ1v) is 1.06. The van der Waals surface area contributed by atoms with Gasteiger partial charge in [-0.2, -0.15) is 0 Å². The Balaban J connectivity index is 2.30. The van der Waals surface area contributed by atoms with Crippen molar-refractivity contribution in [3.8, 4) is 0 Å². The minimum atomic E-state index is 0.264. The van der Waals surface area contributed by atoms with Crippen molar-refractivity contribution in [3.63, 3.8) is 0 Å². The van der Waals surface area contributed by atoms with E-state index in [-0.39, 0.29) is 6.42 Å². The molecule has 0 N–H and O–H groups in total. The van der Waals surface area contributed by atoms with E-state index in [9.17, 15) is 0 Å². The molecule has 0 spiro atoms. The summed E-state index contributed by atoms with van der Waals surface area (Å²) in [5.74, 6) is 0. The lowest BCUT2D eigenvalue weighted by Crippen LogP contribution is -1.55. The van der Waals surface area contributed by atoms with Crippen LogP contribution >= 0.6 is 0 Å². The highest BCUT2D eigenvalue weighted by atomic mass is 16.1. The molecular weight excluding hydrogens is 52.0 g/mol. The molecule has 0 saturated carbocycles. The first-order chi connectivity index (χ1) is 1.91. The summed E-state index contributed by atoms with van der Waals surface area (Å²) >= 11 is 0. The van der Waals surface area contributed by atoms with Crippen molar-refractivity contribution >= 4 is 6.29 Å². The SMILES string of the molecule is [CH2]C[C]=O. The van der Waals surface area contributed by atoms with Gasteiger partial charge in [0.05, 0.1) is 0 Å². The van der Waals surface area contributed by atoms with Gasteiger partial charge in [-0.3, -0.25) is 4.79 Å². The van der Waals surface area contributed by atoms with Crippen molar-refractivity contribution in [2.75, 3.05) is 0 Å². The van der Waals surface area contributed by atoms with E-state index in [1.807, 2.05) is 0 Å². The Labute approximate surface area is 25.6 Å². The van der Waals surface area contributed by atoms with E-state index in [0.717, 1.165) is 0 Å². The molecule has 0 amide bonds. The molecule has 0 aromatic carbocycles. The molecule has 1 nitrogen and oxygen atoms in total. The van der Waals surface area contributed by atoms with Crippen molar-refractivity contribution < 1.29 is 4.79 Å². The summed E-state index contributed by atoms with van der Waals surface area (Å²) in [5, 5.41) is 0. The molecule has 0 aliphatic heterocycles. The zero-order chi connectivity index (χ0) is 3.41. The number of rotatable bonds is 1. The van der Waals surface area contributed by atoms with Gasteiger partial charge < -0.3 is 0 Å². The number of carbonyl (C=O) groups excluding carboxylic acids is 1. The number of hydrogen-bond acceptors (Lipinski definition) is 1. The third kappa shape index (κ3) is 1.67. The van der Waals surface area contributed by atoms with E-state index in [4.69, 9.17) is 4.79 Å². The van der Waals surface area contributed by atoms with Crippen LogP contribution in [0.5, 0.6) is 0 Å². The zero-order valence-electron chi connectivity index (χ0n) is 2.32. The Morgan fingerprint density at radius 1 is 2.00 bits per heavy atom. The topological polar surface area (TPSA) is 17.1 Å². The van der Waals surface area contributed by atoms with Crippen molar-refractivity contribution in [3.05, 3.63) is 6.92 Å². The summed E-state index contributed by atoms with van der Waals surface area (Å²) in [7, 11) is 0. The van der Waals surface area contributed by atoms with Gasteiger partial charge >= 0.3 is 0 Å². The summed E-state index contributed by atoms with van der Waals surface area (Å²) in [4.78, 5) is 8.99. The van der Waals surface area contributed by atoms with Gasteiger partial charge in [0.1, 0.15) is 0 Å². The maximum atomic E-state index is 8.99. The lowest BCUT2D eigenvalue weighted by Gasteiger charge is -1.48. The van der Waals surface area contributed by atoms with Crippen LogP contribution in [0.15, 0.2) is 0 Å². The lowest BCUT2D eigenvalue weighted by molar-refractivity contribution is 0.556. The van der Waals surface area contributed by atoms with E-state index >= 15 is 0 Å². The van der Waals surface area contributed by atoms with Crippen LogP contribution in [0.25, 0.3) is 0 Å². The predicted molar refractivity (Wildman–Crippen MR) is 15.7 cm³/mol. The van der Waals surface area contributed by atoms with Crippen molar-refractivity contribution in [2.45, 2.75) is 6.42 Å². The fourth-order valence-electron chi connectivity index (χ4n) is 0. The smallest absolute Gasteiger partial charge is 0.198 e. The Kier molecular flexibility index (Phi) is 2.45. The highest BCUT2D eigenvalue weighted by Crippen LogP contribution is 1.52. The van der Waals surface area contributed by atoms with Crippen LogP contribution in [0, 0.1) is 6.92 Å². The Morgan fingerprint density at radius 3 is 2.25 bits per heavy atom. The van der Waals surface area contributed by atoms with Crippen LogP contribution in [0.4, 0.5) is 0 Å². The second kappa shape index (κ2) is 2.67. The molecule has 4 heavy (non-hydrogen) atoms. The van der Waals surface area contributed by atoms with Crippen LogP contribution in [0.1, 0.15) is 6.42 Å². The van der Waals surface area contributed by atoms with E-state index in [1.54, 1.807) is 6.29 Å². The number of hydrogen-bond donors (Lipinski definition) is 0. The molecule has 0 rings (SSSR count). The molecule has 22 valence electrons. The maximum absolute atomic E-state index is 8.99. The molecule has 0 aromatic heterocycles. The quantitative estimate of drug-likeness (QED) is 0.423. The molecule has 0 heterocycles. The van der Waals surface area contributed by atoms with Gasteiger partial charge in [0, 0.05) is 6.42 Å². The van der Waals surface area contributed by atoms with Crippen molar-refractivity contribution in [1.82, 2.24) is 0 Å². The minimum Gasteiger partial charge on any atom is -0.291 e. The van der Waals surface area contributed by atoms with Crippen LogP contribution in [0.3, 0.4) is 0 Å². The van der Waals surface area contributed by atoms with E-state index in [2.05, 4.69) is 6.92 Å². The first-order valence-electron chi connectivity index (χ1n) is 1.06. The molecule has 0 unspecified atom stereocenters. The fourth-order valence-corrected chi connectivity index (χ4v) is 0. The Bertz CT molecular complexity index is 17.2. The molecule has 0 atom stereocenters. The van der Waals surface area contributed by atoms with Gasteiger partial charge in [0.25, 0.3) is 0 Å². The lowest BCUT2D eigenvalue weighted by atomic mass is 10.6. The summed E-state index contributed by atoms with van der Waals surface area (Å²) < 4.78 is 0. The Morgan fingerprint density at radius 2 is 2.25 bits per heavy atom. The molecule has 0 saturated heterocycles. The first kappa shape index (κ1) is 3.67. The van der Waals surface area contributed by atoms with Gasteiger partial charge in [-0.05, 0) is 6.92 Å². The van der Waals surface area contributed by atoms with Gasteiger partial charge in [-0.1, -0.05) is 0 Å². The van der Waals surface area contributed by atoms with Crippen LogP contribution in [0.2, 0.25) is 0 Å². The molecule has 0 aliphatic carbocycles. The second-order valence-electron chi connectivity index (χ2n) is 0.394. The Hall–Kier alpha value is -0.330. The van der Waals surface area contributed by atoms with Crippen LogP contribution < -0.4 is 0 Å². The summed E-state index contributed by atoms with van der Waals surface area (Å²) in [6, 6.07) is 0. The van der Waals surface area contributed by atoms with Crippen molar-refractivity contribution in [2.24, 2.45) is 0 Å². The van der Waals surface area contributed by atoms with Gasteiger partial charge in [-0.15, -0.1) is 0 Å². The summed E-state index contributed by atoms with van der Waals surface area (Å²) in [5.41, 5.74) is 0. The van der Waals surface area contributed by atoms with Crippen LogP contribution in [-0.2, 0) is 4.79 Å². The third-order valence-corrected chi connectivity index (χ3v) is 0.102. The molecule has 1 heteroatoms. The fraction of sp³-hybridized carbons (Fsp3) is 0.333. The minimum absolute atomic E-state index is 0.264. The van der Waals surface area contributed by atoms with Gasteiger partial charge in [0.15, 0.2) is 6.29 Å². The maximum Gasteiger partial charge on any atom is 0.198 e. The monoisotopic (exact) mass is 56.0 g/mol. The van der Waals surface area contributed by atoms with Crippen LogP contribution in [-0.4, -0.2) is 6.29 Å². The standard InChI is InChI=1S/C3H4O/c1-2-3-4/h1-2H2. The molecular formula is C3H4O. The molecule has 0 fully saturated rings. The van der Waals surface area contributed by atoms with E-state index in [1.165, 1.54) is 0 Å². The molecule has 2 radical (unpaired) electrons. The largest absolute Gasteiger partial charge is 0.291 e. The zero-order valence-corrected chi connectivity index (χ0v) is 2.32. The summed E-state index contributed by atoms with van der Waals surface area (Å²) in [6.45, 7) is 3.18. The average molecular weight is 56.1 g/mol. The third-order valence-electron chi connectivity index (χ3n) is 0.102. The summed E-state index contributed by atoms with van der Waals surface area (Å²) in [6.07, 6.45) is 1.83. The van der Waals surface area contributed by atoms with Gasteiger partial charge in [0.2, 0.25) is 0 Å². The average Bonchev–Trinajstić information content (AvgIpc) is 1.37. The highest BCUT2D eigenvalue weighted by Gasteiger charge is 1.56. The highest BCUT2D eigenvalue weighted by molar-refractivity contribution is 5.50. The second-order valence-corrected chi connectivity index (χ2v) is 0.394. The van der Waals surface area contributed by atoms with E-state index < -0.39 is 0 Å². The van der Waals surface area contributed by atoms with Crippen molar-refractivity contribution in [1.29, 1.82) is 0 Å². The normalized spacial score (nSPS) is 6.25. The molecule has 0 aliphatic rings. The van der Waals surface area contributed by atoms with Gasteiger partial charge in [-0.25, -0.2) is 0 Å². The molecule has 0 bridgehead atoms. The van der Waals surface area contributed by atoms with E-state index in [0.29, 0.717) is 0 Å². The predicted octanol–water partition coefficient (Wildman–Crippen LogP) is 0.320.